The highest BCUT2D eigenvalue weighted by molar-refractivity contribution is 8.26. The molecule has 0 aromatic rings. The monoisotopic (exact) mass is 507 g/mol. The van der Waals surface area contributed by atoms with Crippen molar-refractivity contribution in [3.63, 3.8) is 0 Å². The van der Waals surface area contributed by atoms with E-state index in [2.05, 4.69) is 0 Å². The van der Waals surface area contributed by atoms with Crippen molar-refractivity contribution in [2.24, 2.45) is 28.6 Å². The van der Waals surface area contributed by atoms with Crippen LogP contribution in [-0.4, -0.2) is 63.6 Å². The summed E-state index contributed by atoms with van der Waals surface area (Å²) < 4.78 is 23.2. The lowest BCUT2D eigenvalue weighted by molar-refractivity contribution is -0.224. The van der Waals surface area contributed by atoms with E-state index in [0.717, 1.165) is 0 Å². The van der Waals surface area contributed by atoms with Gasteiger partial charge in [-0.1, -0.05) is 25.5 Å². The average Bonchev–Trinajstić information content (AvgIpc) is 2.97. The van der Waals surface area contributed by atoms with Gasteiger partial charge in [-0.2, -0.15) is 0 Å². The predicted octanol–water partition coefficient (Wildman–Crippen LogP) is 3.85. The molecule has 0 heterocycles. The van der Waals surface area contributed by atoms with E-state index in [1.807, 2.05) is 0 Å². The summed E-state index contributed by atoms with van der Waals surface area (Å²) >= 11 is 0.489. The number of hydrogen-bond acceptors (Lipinski definition) is 7. The van der Waals surface area contributed by atoms with Gasteiger partial charge in [-0.15, -0.1) is 0 Å². The van der Waals surface area contributed by atoms with Crippen LogP contribution in [0.2, 0.25) is 0 Å². The minimum absolute atomic E-state index is 0.116. The Morgan fingerprint density at radius 1 is 1.23 bits per heavy atom. The summed E-state index contributed by atoms with van der Waals surface area (Å²) in [6.45, 7) is 6.54. The number of ether oxygens (including phenoxy) is 1. The topological polar surface area (TPSA) is 101 Å². The molecule has 1 amide bonds. The number of alkyl halides is 1. The second-order valence-corrected chi connectivity index (χ2v) is 12.2. The Balaban J connectivity index is 1.83. The number of halogens is 1. The molecule has 0 bridgehead atoms. The number of carbonyl (C=O) groups excluding carboxylic acids is 4. The molecule has 0 spiro atoms. The van der Waals surface area contributed by atoms with Crippen LogP contribution in [0.1, 0.15) is 53.4 Å². The van der Waals surface area contributed by atoms with Crippen LogP contribution in [0.5, 0.6) is 0 Å². The van der Waals surface area contributed by atoms with Crippen molar-refractivity contribution >= 4 is 33.9 Å². The number of allylic oxidation sites excluding steroid dienone is 4. The zero-order chi connectivity index (χ0) is 26.1. The van der Waals surface area contributed by atoms with E-state index < -0.39 is 56.4 Å². The number of nitrogens with zero attached hydrogens (tertiary/aromatic N) is 1. The van der Waals surface area contributed by atoms with Gasteiger partial charge in [0, 0.05) is 55.4 Å². The number of carbonyl (C=O) groups is 4. The summed E-state index contributed by atoms with van der Waals surface area (Å²) in [5.74, 6) is -2.34. The highest BCUT2D eigenvalue weighted by Crippen LogP contribution is 2.71. The van der Waals surface area contributed by atoms with Gasteiger partial charge in [0.25, 0.3) is 5.24 Å². The van der Waals surface area contributed by atoms with E-state index in [1.165, 1.54) is 38.1 Å². The first-order valence-electron chi connectivity index (χ1n) is 12.1. The van der Waals surface area contributed by atoms with Crippen molar-refractivity contribution in [3.8, 4) is 0 Å². The number of esters is 1. The van der Waals surface area contributed by atoms with E-state index >= 15 is 4.39 Å². The van der Waals surface area contributed by atoms with Crippen molar-refractivity contribution in [1.82, 2.24) is 4.90 Å². The molecule has 4 aliphatic rings. The number of ketones is 1. The molecule has 1 N–H and O–H groups in total. The molecule has 7 nitrogen and oxygen atoms in total. The summed E-state index contributed by atoms with van der Waals surface area (Å²) in [6, 6.07) is 0. The van der Waals surface area contributed by atoms with Crippen LogP contribution in [0.4, 0.5) is 9.18 Å². The first-order valence-corrected chi connectivity index (χ1v) is 12.9. The second-order valence-electron chi connectivity index (χ2n) is 11.3. The van der Waals surface area contributed by atoms with E-state index in [1.54, 1.807) is 26.8 Å². The molecule has 3 saturated carbocycles. The lowest BCUT2D eigenvalue weighted by atomic mass is 9.45. The zero-order valence-corrected chi connectivity index (χ0v) is 21.9. The Morgan fingerprint density at radius 2 is 1.89 bits per heavy atom. The molecule has 0 unspecified atom stereocenters. The molecule has 192 valence electrons. The molecule has 4 rings (SSSR count). The number of thioether (sulfide) groups is 1. The molecule has 0 aromatic carbocycles. The molecule has 8 atom stereocenters. The molecular weight excluding hydrogens is 473 g/mol. The highest BCUT2D eigenvalue weighted by atomic mass is 32.2. The van der Waals surface area contributed by atoms with Gasteiger partial charge in [0.05, 0.1) is 6.10 Å². The van der Waals surface area contributed by atoms with Crippen molar-refractivity contribution in [2.45, 2.75) is 70.8 Å². The average molecular weight is 508 g/mol. The quantitative estimate of drug-likeness (QED) is 0.567. The van der Waals surface area contributed by atoms with Gasteiger partial charge in [0.15, 0.2) is 17.1 Å². The van der Waals surface area contributed by atoms with Gasteiger partial charge in [0.2, 0.25) is 5.12 Å². The largest absolute Gasteiger partial charge is 0.449 e. The second kappa shape index (κ2) is 8.26. The number of aliphatic hydroxyl groups excluding tert-OH is 1. The molecule has 4 aliphatic carbocycles. The Hall–Kier alpha value is -2.00. The SMILES string of the molecule is CC(=O)O[C@]1(C(=O)SC(=O)N(C)C)[C@@H](C)C[C@H]2[C@@H]3CCC4=CC(=O)C=C[C@]4(C)[C@@]3(F)[C@@H](O)C[C@@]21C. The van der Waals surface area contributed by atoms with Crippen LogP contribution >= 0.6 is 11.8 Å². The number of amides is 1. The van der Waals surface area contributed by atoms with Gasteiger partial charge < -0.3 is 14.7 Å². The van der Waals surface area contributed by atoms with Gasteiger partial charge in [0.1, 0.15) is 0 Å². The Morgan fingerprint density at radius 3 is 2.49 bits per heavy atom. The third kappa shape index (κ3) is 3.33. The van der Waals surface area contributed by atoms with E-state index in [-0.39, 0.29) is 18.1 Å². The first kappa shape index (κ1) is 26.1. The number of fused-ring (bicyclic) bond motifs is 5. The van der Waals surface area contributed by atoms with Gasteiger partial charge in [-0.3, -0.25) is 19.2 Å². The molecular formula is C26H34FNO6S. The summed E-state index contributed by atoms with van der Waals surface area (Å²) in [7, 11) is 3.06. The fourth-order valence-corrected chi connectivity index (χ4v) is 8.67. The molecule has 9 heteroatoms. The van der Waals surface area contributed by atoms with Gasteiger partial charge in [-0.05, 0) is 50.7 Å². The van der Waals surface area contributed by atoms with Crippen molar-refractivity contribution in [2.75, 3.05) is 14.1 Å². The summed E-state index contributed by atoms with van der Waals surface area (Å²) in [5, 5.41) is 10.4. The maximum absolute atomic E-state index is 17.3. The van der Waals surface area contributed by atoms with Gasteiger partial charge in [-0.25, -0.2) is 4.39 Å². The molecule has 3 fully saturated rings. The van der Waals surface area contributed by atoms with Crippen LogP contribution in [0.3, 0.4) is 0 Å². The normalized spacial score (nSPS) is 44.0. The lowest BCUT2D eigenvalue weighted by Crippen LogP contribution is -2.69. The van der Waals surface area contributed by atoms with E-state index in [9.17, 15) is 24.3 Å². The van der Waals surface area contributed by atoms with Gasteiger partial charge >= 0.3 is 5.97 Å². The van der Waals surface area contributed by atoms with Crippen LogP contribution in [-0.2, 0) is 19.1 Å². The highest BCUT2D eigenvalue weighted by Gasteiger charge is 2.77. The van der Waals surface area contributed by atoms with Crippen molar-refractivity contribution < 1.29 is 33.4 Å². The minimum atomic E-state index is -2.06. The van der Waals surface area contributed by atoms with Crippen LogP contribution in [0.15, 0.2) is 23.8 Å². The molecule has 0 saturated heterocycles. The fraction of sp³-hybridized carbons (Fsp3) is 0.692. The standard InChI is InChI=1S/C26H34FNO6S/c1-14-11-19-18-8-7-16-12-17(30)9-10-23(16,3)25(18,27)20(31)13-24(19,4)26(14,34-15(2)29)21(32)35-22(33)28(5)6/h9-10,12,14,18-20,31H,7-8,11,13H2,1-6H3/t14-,18-,19-,20-,23-,24-,25-,26-/m0/s1. The number of rotatable bonds is 2. The molecule has 35 heavy (non-hydrogen) atoms. The maximum atomic E-state index is 17.3. The minimum Gasteiger partial charge on any atom is -0.449 e. The summed E-state index contributed by atoms with van der Waals surface area (Å²) in [4.78, 5) is 51.8. The molecule has 0 radical (unpaired) electrons. The maximum Gasteiger partial charge on any atom is 0.303 e. The number of hydrogen-bond donors (Lipinski definition) is 1. The first-order chi connectivity index (χ1) is 16.1. The Labute approximate surface area is 209 Å². The Kier molecular flexibility index (Phi) is 6.16. The molecule has 0 aromatic heterocycles. The lowest BCUT2D eigenvalue weighted by Gasteiger charge is -2.62. The predicted molar refractivity (Wildman–Crippen MR) is 129 cm³/mol. The zero-order valence-electron chi connectivity index (χ0n) is 21.1. The third-order valence-corrected chi connectivity index (χ3v) is 10.4. The summed E-state index contributed by atoms with van der Waals surface area (Å²) in [6.07, 6.45) is 4.14. The van der Waals surface area contributed by atoms with Crippen molar-refractivity contribution in [3.05, 3.63) is 23.8 Å². The third-order valence-electron chi connectivity index (χ3n) is 9.33. The van der Waals surface area contributed by atoms with Crippen LogP contribution in [0.25, 0.3) is 0 Å². The fourth-order valence-electron chi connectivity index (χ4n) is 7.70. The number of aliphatic hydroxyl groups is 1. The Bertz CT molecular complexity index is 1060. The van der Waals surface area contributed by atoms with Crippen molar-refractivity contribution in [1.29, 1.82) is 0 Å². The van der Waals surface area contributed by atoms with E-state index in [0.29, 0.717) is 36.6 Å². The van der Waals surface area contributed by atoms with Crippen LogP contribution in [0, 0.1) is 28.6 Å². The molecule has 0 aliphatic heterocycles. The van der Waals surface area contributed by atoms with E-state index in [4.69, 9.17) is 4.74 Å². The van der Waals surface area contributed by atoms with Crippen LogP contribution < -0.4 is 0 Å². The smallest absolute Gasteiger partial charge is 0.303 e. The summed E-state index contributed by atoms with van der Waals surface area (Å²) in [5.41, 5.74) is -5.30.